The van der Waals surface area contributed by atoms with Crippen LogP contribution in [0.25, 0.3) is 0 Å². The van der Waals surface area contributed by atoms with Gasteiger partial charge in [-0.15, -0.1) is 0 Å². The van der Waals surface area contributed by atoms with E-state index >= 15 is 0 Å². The maximum absolute atomic E-state index is 9.60. The molecule has 0 aromatic rings. The van der Waals surface area contributed by atoms with E-state index < -0.39 is 0 Å². The van der Waals surface area contributed by atoms with E-state index in [9.17, 15) is 4.79 Å². The first-order valence-corrected chi connectivity index (χ1v) is 2.47. The molecule has 1 rings (SSSR count). The van der Waals surface area contributed by atoms with Crippen LogP contribution in [0.3, 0.4) is 0 Å². The lowest BCUT2D eigenvalue weighted by Gasteiger charge is -2.02. The number of hydrogen-bond donors (Lipinski definition) is 1. The summed E-state index contributed by atoms with van der Waals surface area (Å²) in [5.41, 5.74) is 0. The highest BCUT2D eigenvalue weighted by atomic mass is 16.1. The fourth-order valence-electron chi connectivity index (χ4n) is 0.638. The van der Waals surface area contributed by atoms with E-state index in [0.29, 0.717) is 6.67 Å². The van der Waals surface area contributed by atoms with Crippen molar-refractivity contribution >= 4 is 6.08 Å². The number of carbonyl (C=O) groups excluding carboxylic acids is 1. The van der Waals surface area contributed by atoms with Crippen molar-refractivity contribution in [3.8, 4) is 0 Å². The molecule has 0 spiro atoms. The molecule has 1 aliphatic heterocycles. The highest BCUT2D eigenvalue weighted by Gasteiger charge is 2.05. The highest BCUT2D eigenvalue weighted by molar-refractivity contribution is 5.32. The minimum atomic E-state index is 0.676. The third-order valence-electron chi connectivity index (χ3n) is 1.02. The SMILES string of the molecule is O=C=NN1CCNC1. The topological polar surface area (TPSA) is 44.7 Å². The number of isocyanates is 1. The van der Waals surface area contributed by atoms with Gasteiger partial charge in [0.05, 0.1) is 13.2 Å². The molecule has 0 unspecified atom stereocenters. The molecule has 8 heavy (non-hydrogen) atoms. The van der Waals surface area contributed by atoms with E-state index in [1.165, 1.54) is 6.08 Å². The fraction of sp³-hybridized carbons (Fsp3) is 0.750. The average Bonchev–Trinajstić information content (AvgIpc) is 2.19. The molecule has 0 aromatic heterocycles. The molecule has 0 aliphatic carbocycles. The second-order valence-corrected chi connectivity index (χ2v) is 1.58. The Morgan fingerprint density at radius 2 is 2.62 bits per heavy atom. The minimum absolute atomic E-state index is 0.676. The van der Waals surface area contributed by atoms with E-state index in [1.807, 2.05) is 0 Å². The van der Waals surface area contributed by atoms with Gasteiger partial charge in [-0.2, -0.15) is 0 Å². The molecule has 0 radical (unpaired) electrons. The number of nitrogens with zero attached hydrogens (tertiary/aromatic N) is 2. The van der Waals surface area contributed by atoms with E-state index in [-0.39, 0.29) is 0 Å². The van der Waals surface area contributed by atoms with E-state index in [0.717, 1.165) is 13.1 Å². The van der Waals surface area contributed by atoms with Crippen LogP contribution >= 0.6 is 0 Å². The van der Waals surface area contributed by atoms with Crippen LogP contribution < -0.4 is 5.32 Å². The summed E-state index contributed by atoms with van der Waals surface area (Å²) in [7, 11) is 0. The first-order valence-electron chi connectivity index (χ1n) is 2.47. The van der Waals surface area contributed by atoms with Crippen LogP contribution in [0.1, 0.15) is 0 Å². The Bertz CT molecular complexity index is 112. The zero-order valence-corrected chi connectivity index (χ0v) is 4.42. The molecule has 1 aliphatic rings. The summed E-state index contributed by atoms with van der Waals surface area (Å²) in [4.78, 5) is 9.60. The molecular formula is C4H7N3O. The van der Waals surface area contributed by atoms with Crippen LogP contribution in [0.4, 0.5) is 0 Å². The van der Waals surface area contributed by atoms with E-state index in [2.05, 4.69) is 10.4 Å². The van der Waals surface area contributed by atoms with Crippen molar-refractivity contribution in [3.63, 3.8) is 0 Å². The molecule has 0 bridgehead atoms. The second kappa shape index (κ2) is 2.45. The van der Waals surface area contributed by atoms with E-state index in [4.69, 9.17) is 0 Å². The van der Waals surface area contributed by atoms with Gasteiger partial charge in [0, 0.05) is 6.54 Å². The zero-order valence-electron chi connectivity index (χ0n) is 4.42. The Hall–Kier alpha value is -0.860. The Morgan fingerprint density at radius 1 is 1.75 bits per heavy atom. The third kappa shape index (κ3) is 1.05. The van der Waals surface area contributed by atoms with Crippen molar-refractivity contribution in [2.24, 2.45) is 5.10 Å². The molecule has 0 saturated carbocycles. The fourth-order valence-corrected chi connectivity index (χ4v) is 0.638. The lowest BCUT2D eigenvalue weighted by Crippen LogP contribution is -2.14. The molecule has 0 atom stereocenters. The first-order chi connectivity index (χ1) is 3.93. The molecule has 44 valence electrons. The number of rotatable bonds is 1. The quantitative estimate of drug-likeness (QED) is 0.354. The van der Waals surface area contributed by atoms with Gasteiger partial charge in [0.1, 0.15) is 0 Å². The summed E-state index contributed by atoms with van der Waals surface area (Å²) in [6, 6.07) is 0. The predicted molar refractivity (Wildman–Crippen MR) is 27.7 cm³/mol. The van der Waals surface area contributed by atoms with Crippen LogP contribution in [-0.2, 0) is 4.79 Å². The minimum Gasteiger partial charge on any atom is -0.297 e. The van der Waals surface area contributed by atoms with Gasteiger partial charge in [-0.3, -0.25) is 10.3 Å². The first kappa shape index (κ1) is 5.28. The molecule has 1 heterocycles. The maximum Gasteiger partial charge on any atom is 0.258 e. The largest absolute Gasteiger partial charge is 0.297 e. The van der Waals surface area contributed by atoms with Crippen LogP contribution in [0.15, 0.2) is 5.10 Å². The lowest BCUT2D eigenvalue weighted by atomic mass is 10.7. The van der Waals surface area contributed by atoms with Gasteiger partial charge in [-0.1, -0.05) is 5.10 Å². The van der Waals surface area contributed by atoms with Crippen molar-refractivity contribution in [1.82, 2.24) is 10.3 Å². The number of nitrogens with one attached hydrogen (secondary N) is 1. The van der Waals surface area contributed by atoms with E-state index in [1.54, 1.807) is 5.01 Å². The van der Waals surface area contributed by atoms with Gasteiger partial charge in [0.25, 0.3) is 6.08 Å². The molecule has 4 heteroatoms. The second-order valence-electron chi connectivity index (χ2n) is 1.58. The van der Waals surface area contributed by atoms with Gasteiger partial charge in [-0.05, 0) is 0 Å². The van der Waals surface area contributed by atoms with Crippen molar-refractivity contribution < 1.29 is 4.79 Å². The summed E-state index contributed by atoms with van der Waals surface area (Å²) in [5, 5.41) is 8.03. The van der Waals surface area contributed by atoms with Gasteiger partial charge < -0.3 is 0 Å². The van der Waals surface area contributed by atoms with Crippen LogP contribution in [0.5, 0.6) is 0 Å². The van der Waals surface area contributed by atoms with Gasteiger partial charge in [0.15, 0.2) is 0 Å². The molecule has 0 amide bonds. The standard InChI is InChI=1S/C4H7N3O/c8-4-6-7-2-1-5-3-7/h5H,1-3H2. The molecule has 1 fully saturated rings. The molecule has 4 nitrogen and oxygen atoms in total. The van der Waals surface area contributed by atoms with Crippen LogP contribution in [0.2, 0.25) is 0 Å². The van der Waals surface area contributed by atoms with Gasteiger partial charge in [0.2, 0.25) is 0 Å². The van der Waals surface area contributed by atoms with Gasteiger partial charge in [-0.25, -0.2) is 4.79 Å². The Kier molecular flexibility index (Phi) is 1.62. The normalized spacial score (nSPS) is 18.2. The molecule has 0 aromatic carbocycles. The zero-order chi connectivity index (χ0) is 5.82. The Labute approximate surface area is 47.2 Å². The van der Waals surface area contributed by atoms with Crippen molar-refractivity contribution in [3.05, 3.63) is 0 Å². The smallest absolute Gasteiger partial charge is 0.258 e. The van der Waals surface area contributed by atoms with Crippen molar-refractivity contribution in [2.45, 2.75) is 0 Å². The Balaban J connectivity index is 2.35. The Morgan fingerprint density at radius 3 is 3.12 bits per heavy atom. The number of hydrogen-bond acceptors (Lipinski definition) is 4. The molecule has 1 N–H and O–H groups in total. The van der Waals surface area contributed by atoms with Crippen molar-refractivity contribution in [1.29, 1.82) is 0 Å². The van der Waals surface area contributed by atoms with Gasteiger partial charge >= 0.3 is 0 Å². The monoisotopic (exact) mass is 113 g/mol. The third-order valence-corrected chi connectivity index (χ3v) is 1.02. The van der Waals surface area contributed by atoms with Crippen molar-refractivity contribution in [2.75, 3.05) is 19.8 Å². The van der Waals surface area contributed by atoms with Crippen LogP contribution in [0, 0.1) is 0 Å². The average molecular weight is 113 g/mol. The summed E-state index contributed by atoms with van der Waals surface area (Å²) >= 11 is 0. The predicted octanol–water partition coefficient (Wildman–Crippen LogP) is -0.900. The summed E-state index contributed by atoms with van der Waals surface area (Å²) < 4.78 is 0. The number of hydrazone groups is 1. The highest BCUT2D eigenvalue weighted by Crippen LogP contribution is 1.89. The summed E-state index contributed by atoms with van der Waals surface area (Å²) in [5.74, 6) is 0. The summed E-state index contributed by atoms with van der Waals surface area (Å²) in [6.07, 6.45) is 1.47. The lowest BCUT2D eigenvalue weighted by molar-refractivity contribution is 0.352. The summed E-state index contributed by atoms with van der Waals surface area (Å²) in [6.45, 7) is 2.40. The molecule has 1 saturated heterocycles. The van der Waals surface area contributed by atoms with Crippen LogP contribution in [-0.4, -0.2) is 30.8 Å². The maximum atomic E-state index is 9.60. The molecular weight excluding hydrogens is 106 g/mol.